The summed E-state index contributed by atoms with van der Waals surface area (Å²) in [5, 5.41) is 3.12. The molecule has 0 radical (unpaired) electrons. The van der Waals surface area contributed by atoms with Crippen molar-refractivity contribution in [3.05, 3.63) is 35.4 Å². The second-order valence-electron chi connectivity index (χ2n) is 7.86. The van der Waals surface area contributed by atoms with Crippen LogP contribution in [0.1, 0.15) is 68.9 Å². The van der Waals surface area contributed by atoms with Gasteiger partial charge >= 0.3 is 0 Å². The van der Waals surface area contributed by atoms with E-state index in [0.29, 0.717) is 6.54 Å². The Morgan fingerprint density at radius 1 is 0.960 bits per heavy atom. The van der Waals surface area contributed by atoms with Crippen molar-refractivity contribution < 1.29 is 4.79 Å². The third-order valence-corrected chi connectivity index (χ3v) is 5.85. The summed E-state index contributed by atoms with van der Waals surface area (Å²) in [6.07, 6.45) is 10.3. The molecule has 138 valence electrons. The van der Waals surface area contributed by atoms with Gasteiger partial charge in [-0.05, 0) is 49.9 Å². The lowest BCUT2D eigenvalue weighted by molar-refractivity contribution is -0.127. The highest BCUT2D eigenvalue weighted by Gasteiger charge is 2.34. The molecule has 1 aromatic rings. The van der Waals surface area contributed by atoms with Crippen LogP contribution in [0.25, 0.3) is 0 Å². The van der Waals surface area contributed by atoms with Crippen LogP contribution in [-0.4, -0.2) is 29.4 Å². The smallest absolute Gasteiger partial charge is 0.240 e. The Morgan fingerprint density at radius 2 is 1.56 bits per heavy atom. The molecule has 4 heteroatoms. The molecule has 1 saturated carbocycles. The van der Waals surface area contributed by atoms with Gasteiger partial charge in [-0.1, -0.05) is 56.4 Å². The van der Waals surface area contributed by atoms with E-state index in [0.717, 1.165) is 32.2 Å². The van der Waals surface area contributed by atoms with Crippen LogP contribution in [0.4, 0.5) is 0 Å². The zero-order valence-corrected chi connectivity index (χ0v) is 15.4. The van der Waals surface area contributed by atoms with E-state index in [-0.39, 0.29) is 5.91 Å². The van der Waals surface area contributed by atoms with Crippen LogP contribution in [0, 0.1) is 0 Å². The summed E-state index contributed by atoms with van der Waals surface area (Å²) in [7, 11) is 0. The number of nitrogens with two attached hydrogens (primary N) is 1. The fourth-order valence-corrected chi connectivity index (χ4v) is 4.18. The van der Waals surface area contributed by atoms with Crippen molar-refractivity contribution in [2.45, 2.75) is 76.4 Å². The van der Waals surface area contributed by atoms with Gasteiger partial charge in [-0.25, -0.2) is 0 Å². The average molecular weight is 344 g/mol. The predicted molar refractivity (Wildman–Crippen MR) is 102 cm³/mol. The van der Waals surface area contributed by atoms with Crippen molar-refractivity contribution in [2.24, 2.45) is 5.73 Å². The number of hydrogen-bond donors (Lipinski definition) is 2. The number of carbonyl (C=O) groups excluding carboxylic acids is 1. The Balaban J connectivity index is 1.59. The van der Waals surface area contributed by atoms with Gasteiger partial charge in [0.1, 0.15) is 0 Å². The van der Waals surface area contributed by atoms with Crippen molar-refractivity contribution in [2.75, 3.05) is 13.1 Å². The van der Waals surface area contributed by atoms with Crippen LogP contribution in [-0.2, 0) is 17.9 Å². The van der Waals surface area contributed by atoms with E-state index < -0.39 is 5.54 Å². The molecule has 1 heterocycles. The van der Waals surface area contributed by atoms with Crippen molar-refractivity contribution >= 4 is 5.91 Å². The van der Waals surface area contributed by atoms with E-state index in [1.807, 2.05) is 0 Å². The van der Waals surface area contributed by atoms with E-state index >= 15 is 0 Å². The fourth-order valence-electron chi connectivity index (χ4n) is 4.18. The maximum atomic E-state index is 12.6. The largest absolute Gasteiger partial charge is 0.350 e. The van der Waals surface area contributed by atoms with E-state index in [1.165, 1.54) is 56.3 Å². The van der Waals surface area contributed by atoms with Crippen molar-refractivity contribution in [1.82, 2.24) is 10.2 Å². The Morgan fingerprint density at radius 3 is 2.24 bits per heavy atom. The molecule has 1 amide bonds. The first kappa shape index (κ1) is 18.4. The molecule has 3 N–H and O–H groups in total. The highest BCUT2D eigenvalue weighted by Crippen LogP contribution is 2.26. The summed E-state index contributed by atoms with van der Waals surface area (Å²) in [6.45, 7) is 3.95. The Kier molecular flexibility index (Phi) is 6.49. The first-order chi connectivity index (χ1) is 12.2. The van der Waals surface area contributed by atoms with E-state index in [4.69, 9.17) is 5.73 Å². The predicted octanol–water partition coefficient (Wildman–Crippen LogP) is 3.34. The van der Waals surface area contributed by atoms with Crippen LogP contribution in [0.3, 0.4) is 0 Å². The summed E-state index contributed by atoms with van der Waals surface area (Å²) in [4.78, 5) is 15.1. The van der Waals surface area contributed by atoms with Crippen LogP contribution < -0.4 is 11.1 Å². The minimum absolute atomic E-state index is 0.0248. The van der Waals surface area contributed by atoms with Crippen LogP contribution in [0.5, 0.6) is 0 Å². The highest BCUT2D eigenvalue weighted by molar-refractivity contribution is 5.86. The van der Waals surface area contributed by atoms with Crippen molar-refractivity contribution in [3.8, 4) is 0 Å². The third kappa shape index (κ3) is 5.05. The van der Waals surface area contributed by atoms with Crippen LogP contribution >= 0.6 is 0 Å². The Labute approximate surface area is 152 Å². The van der Waals surface area contributed by atoms with Crippen molar-refractivity contribution in [3.63, 3.8) is 0 Å². The number of nitrogens with one attached hydrogen (secondary N) is 1. The number of benzene rings is 1. The summed E-state index contributed by atoms with van der Waals surface area (Å²) in [5.41, 5.74) is 8.25. The maximum Gasteiger partial charge on any atom is 0.240 e. The third-order valence-electron chi connectivity index (χ3n) is 5.85. The molecule has 3 rings (SSSR count). The maximum absolute atomic E-state index is 12.6. The van der Waals surface area contributed by atoms with Gasteiger partial charge in [-0.3, -0.25) is 9.69 Å². The molecule has 1 saturated heterocycles. The average Bonchev–Trinajstić information content (AvgIpc) is 2.90. The van der Waals surface area contributed by atoms with Gasteiger partial charge in [0.05, 0.1) is 5.54 Å². The first-order valence-electron chi connectivity index (χ1n) is 10.0. The quantitative estimate of drug-likeness (QED) is 0.862. The van der Waals surface area contributed by atoms with Crippen LogP contribution in [0.2, 0.25) is 0 Å². The molecule has 1 aliphatic carbocycles. The molecule has 0 unspecified atom stereocenters. The molecule has 0 spiro atoms. The van der Waals surface area contributed by atoms with Crippen LogP contribution in [0.15, 0.2) is 24.3 Å². The summed E-state index contributed by atoms with van der Waals surface area (Å²) < 4.78 is 0. The molecule has 0 aromatic heterocycles. The summed E-state index contributed by atoms with van der Waals surface area (Å²) in [6, 6.07) is 8.50. The fraction of sp³-hybridized carbons (Fsp3) is 0.667. The lowest BCUT2D eigenvalue weighted by Gasteiger charge is -2.32. The Hall–Kier alpha value is -1.39. The minimum Gasteiger partial charge on any atom is -0.350 e. The van der Waals surface area contributed by atoms with Crippen molar-refractivity contribution in [1.29, 1.82) is 0 Å². The van der Waals surface area contributed by atoms with Gasteiger partial charge in [0.2, 0.25) is 5.91 Å². The van der Waals surface area contributed by atoms with Gasteiger partial charge in [0.15, 0.2) is 0 Å². The number of amides is 1. The molecule has 1 aliphatic heterocycles. The molecular formula is C21H33N3O. The van der Waals surface area contributed by atoms with E-state index in [1.54, 1.807) is 0 Å². The molecule has 25 heavy (non-hydrogen) atoms. The summed E-state index contributed by atoms with van der Waals surface area (Å²) >= 11 is 0. The second kappa shape index (κ2) is 8.81. The summed E-state index contributed by atoms with van der Waals surface area (Å²) in [5.74, 6) is 0.0248. The number of carbonyl (C=O) groups is 1. The molecule has 1 aromatic carbocycles. The monoisotopic (exact) mass is 343 g/mol. The molecule has 0 bridgehead atoms. The zero-order chi connectivity index (χ0) is 17.5. The molecule has 0 atom stereocenters. The number of hydrogen-bond acceptors (Lipinski definition) is 3. The van der Waals surface area contributed by atoms with E-state index in [2.05, 4.69) is 34.5 Å². The molecular weight excluding hydrogens is 310 g/mol. The lowest BCUT2D eigenvalue weighted by atomic mass is 9.82. The second-order valence-corrected chi connectivity index (χ2v) is 7.86. The Bertz CT molecular complexity index is 558. The topological polar surface area (TPSA) is 58.4 Å². The number of likely N-dealkylation sites (tertiary alicyclic amines) is 1. The van der Waals surface area contributed by atoms with Gasteiger partial charge in [0.25, 0.3) is 0 Å². The first-order valence-corrected chi connectivity index (χ1v) is 10.0. The standard InChI is InChI=1S/C21H33N3O/c22-21(12-6-3-7-13-21)20(25)23-16-18-10-4-5-11-19(18)17-24-14-8-1-2-9-15-24/h4-5,10-11H,1-3,6-9,12-17,22H2,(H,23,25). The molecule has 4 nitrogen and oxygen atoms in total. The number of rotatable bonds is 5. The van der Waals surface area contributed by atoms with Gasteiger partial charge in [0, 0.05) is 13.1 Å². The van der Waals surface area contributed by atoms with Gasteiger partial charge < -0.3 is 11.1 Å². The lowest BCUT2D eigenvalue weighted by Crippen LogP contribution is -2.54. The number of nitrogens with zero attached hydrogens (tertiary/aromatic N) is 1. The molecule has 2 aliphatic rings. The molecule has 2 fully saturated rings. The zero-order valence-electron chi connectivity index (χ0n) is 15.4. The SMILES string of the molecule is NC1(C(=O)NCc2ccccc2CN2CCCCCC2)CCCCC1. The van der Waals surface area contributed by atoms with Gasteiger partial charge in [-0.15, -0.1) is 0 Å². The highest BCUT2D eigenvalue weighted by atomic mass is 16.2. The normalized spacial score (nSPS) is 21.5. The minimum atomic E-state index is -0.655. The van der Waals surface area contributed by atoms with E-state index in [9.17, 15) is 4.79 Å². The van der Waals surface area contributed by atoms with Gasteiger partial charge in [-0.2, -0.15) is 0 Å².